The van der Waals surface area contributed by atoms with Gasteiger partial charge in [0.15, 0.2) is 17.5 Å². The minimum atomic E-state index is -1.48. The third-order valence-corrected chi connectivity index (χ3v) is 1.73. The zero-order valence-electron chi connectivity index (χ0n) is 7.77. The molecule has 2 N–H and O–H groups in total. The van der Waals surface area contributed by atoms with E-state index in [0.29, 0.717) is 0 Å². The standard InChI is InChI=1S/C9H10F3N.ClH/c1-9(2,13)5-3-4-6(10)8(12)7(5)11;/h3-4H,13H2,1-2H3;1H. The van der Waals surface area contributed by atoms with Crippen molar-refractivity contribution in [2.24, 2.45) is 5.73 Å². The molecule has 0 saturated heterocycles. The molecule has 0 fully saturated rings. The molecular formula is C9H11ClF3N. The summed E-state index contributed by atoms with van der Waals surface area (Å²) in [6.45, 7) is 3.03. The smallest absolute Gasteiger partial charge is 0.194 e. The van der Waals surface area contributed by atoms with Crippen molar-refractivity contribution < 1.29 is 13.2 Å². The van der Waals surface area contributed by atoms with Gasteiger partial charge in [-0.05, 0) is 19.9 Å². The van der Waals surface area contributed by atoms with E-state index in [2.05, 4.69) is 0 Å². The van der Waals surface area contributed by atoms with E-state index in [1.54, 1.807) is 0 Å². The summed E-state index contributed by atoms with van der Waals surface area (Å²) in [5, 5.41) is 0. The van der Waals surface area contributed by atoms with Crippen LogP contribution in [0.4, 0.5) is 13.2 Å². The third-order valence-electron chi connectivity index (χ3n) is 1.73. The molecule has 0 aliphatic rings. The van der Waals surface area contributed by atoms with Crippen LogP contribution in [0.15, 0.2) is 12.1 Å². The van der Waals surface area contributed by atoms with Gasteiger partial charge in [0.05, 0.1) is 0 Å². The zero-order chi connectivity index (χ0) is 10.2. The largest absolute Gasteiger partial charge is 0.322 e. The summed E-state index contributed by atoms with van der Waals surface area (Å²) in [5.74, 6) is -3.89. The predicted molar refractivity (Wildman–Crippen MR) is 50.8 cm³/mol. The van der Waals surface area contributed by atoms with Gasteiger partial charge < -0.3 is 5.73 Å². The Morgan fingerprint density at radius 2 is 1.57 bits per heavy atom. The number of rotatable bonds is 1. The highest BCUT2D eigenvalue weighted by molar-refractivity contribution is 5.85. The molecule has 0 atom stereocenters. The van der Waals surface area contributed by atoms with E-state index in [1.807, 2.05) is 0 Å². The minimum absolute atomic E-state index is 0. The topological polar surface area (TPSA) is 26.0 Å². The number of hydrogen-bond donors (Lipinski definition) is 1. The van der Waals surface area contributed by atoms with Crippen molar-refractivity contribution in [2.45, 2.75) is 19.4 Å². The second-order valence-electron chi connectivity index (χ2n) is 3.44. The van der Waals surface area contributed by atoms with Gasteiger partial charge in [-0.3, -0.25) is 0 Å². The predicted octanol–water partition coefficient (Wildman–Crippen LogP) is 2.72. The zero-order valence-corrected chi connectivity index (χ0v) is 8.59. The molecular weight excluding hydrogens is 215 g/mol. The second-order valence-corrected chi connectivity index (χ2v) is 3.44. The molecule has 1 rings (SSSR count). The van der Waals surface area contributed by atoms with Crippen LogP contribution in [0.2, 0.25) is 0 Å². The normalized spacial score (nSPS) is 11.0. The van der Waals surface area contributed by atoms with Gasteiger partial charge in [0, 0.05) is 11.1 Å². The van der Waals surface area contributed by atoms with Crippen LogP contribution in [0, 0.1) is 17.5 Å². The molecule has 0 heterocycles. The molecule has 14 heavy (non-hydrogen) atoms. The average molecular weight is 226 g/mol. The molecule has 1 aromatic rings. The summed E-state index contributed by atoms with van der Waals surface area (Å²) >= 11 is 0. The maximum atomic E-state index is 13.1. The van der Waals surface area contributed by atoms with Crippen molar-refractivity contribution in [3.8, 4) is 0 Å². The van der Waals surface area contributed by atoms with Crippen molar-refractivity contribution in [1.82, 2.24) is 0 Å². The van der Waals surface area contributed by atoms with Gasteiger partial charge >= 0.3 is 0 Å². The summed E-state index contributed by atoms with van der Waals surface area (Å²) in [7, 11) is 0. The summed E-state index contributed by atoms with van der Waals surface area (Å²) in [5.41, 5.74) is 4.50. The van der Waals surface area contributed by atoms with Crippen molar-refractivity contribution >= 4 is 12.4 Å². The monoisotopic (exact) mass is 225 g/mol. The fraction of sp³-hybridized carbons (Fsp3) is 0.333. The van der Waals surface area contributed by atoms with E-state index >= 15 is 0 Å². The van der Waals surface area contributed by atoms with Gasteiger partial charge in [0.1, 0.15) is 0 Å². The SMILES string of the molecule is CC(C)(N)c1ccc(F)c(F)c1F.Cl. The lowest BCUT2D eigenvalue weighted by atomic mass is 9.95. The first-order valence-electron chi connectivity index (χ1n) is 3.77. The maximum Gasteiger partial charge on any atom is 0.194 e. The summed E-state index contributed by atoms with van der Waals surface area (Å²) in [6.07, 6.45) is 0. The van der Waals surface area contributed by atoms with E-state index < -0.39 is 23.0 Å². The Kier molecular flexibility index (Phi) is 3.97. The second kappa shape index (κ2) is 4.19. The van der Waals surface area contributed by atoms with Gasteiger partial charge in [-0.1, -0.05) is 6.07 Å². The van der Waals surface area contributed by atoms with Crippen molar-refractivity contribution in [1.29, 1.82) is 0 Å². The molecule has 0 spiro atoms. The van der Waals surface area contributed by atoms with Gasteiger partial charge in [-0.2, -0.15) is 0 Å². The fourth-order valence-electron chi connectivity index (χ4n) is 1.02. The van der Waals surface area contributed by atoms with E-state index in [0.717, 1.165) is 12.1 Å². The Morgan fingerprint density at radius 1 is 1.07 bits per heavy atom. The number of benzene rings is 1. The van der Waals surface area contributed by atoms with Crippen molar-refractivity contribution in [3.05, 3.63) is 35.1 Å². The molecule has 0 amide bonds. The first-order valence-corrected chi connectivity index (χ1v) is 3.77. The summed E-state index contributed by atoms with van der Waals surface area (Å²) in [6, 6.07) is 2.01. The van der Waals surface area contributed by atoms with E-state index in [4.69, 9.17) is 5.73 Å². The quantitative estimate of drug-likeness (QED) is 0.731. The number of nitrogens with two attached hydrogens (primary N) is 1. The van der Waals surface area contributed by atoms with Crippen molar-refractivity contribution in [3.63, 3.8) is 0 Å². The Labute approximate surface area is 86.5 Å². The van der Waals surface area contributed by atoms with Crippen LogP contribution in [-0.4, -0.2) is 0 Å². The van der Waals surface area contributed by atoms with Crippen LogP contribution >= 0.6 is 12.4 Å². The molecule has 0 unspecified atom stereocenters. The highest BCUT2D eigenvalue weighted by atomic mass is 35.5. The van der Waals surface area contributed by atoms with Crippen LogP contribution in [0.5, 0.6) is 0 Å². The molecule has 0 radical (unpaired) electrons. The van der Waals surface area contributed by atoms with E-state index in [-0.39, 0.29) is 18.0 Å². The molecule has 1 nitrogen and oxygen atoms in total. The molecule has 5 heteroatoms. The molecule has 0 saturated carbocycles. The molecule has 0 aliphatic heterocycles. The number of halogens is 4. The molecule has 80 valence electrons. The first kappa shape index (κ1) is 13.3. The summed E-state index contributed by atoms with van der Waals surface area (Å²) < 4.78 is 38.3. The Balaban J connectivity index is 0.00000169. The molecule has 0 aliphatic carbocycles. The molecule has 0 aromatic heterocycles. The highest BCUT2D eigenvalue weighted by Gasteiger charge is 2.22. The Morgan fingerprint density at radius 3 is 2.00 bits per heavy atom. The lowest BCUT2D eigenvalue weighted by molar-refractivity contribution is 0.418. The van der Waals surface area contributed by atoms with Crippen LogP contribution in [0.1, 0.15) is 19.4 Å². The van der Waals surface area contributed by atoms with E-state index in [1.165, 1.54) is 13.8 Å². The summed E-state index contributed by atoms with van der Waals surface area (Å²) in [4.78, 5) is 0. The van der Waals surface area contributed by atoms with Crippen LogP contribution in [0.25, 0.3) is 0 Å². The lowest BCUT2D eigenvalue weighted by Gasteiger charge is -2.19. The van der Waals surface area contributed by atoms with Crippen LogP contribution in [-0.2, 0) is 5.54 Å². The molecule has 1 aromatic carbocycles. The third kappa shape index (κ3) is 2.39. The Bertz CT molecular complexity index is 334. The van der Waals surface area contributed by atoms with Crippen LogP contribution in [0.3, 0.4) is 0 Å². The minimum Gasteiger partial charge on any atom is -0.322 e. The van der Waals surface area contributed by atoms with Crippen LogP contribution < -0.4 is 5.73 Å². The number of hydrogen-bond acceptors (Lipinski definition) is 1. The van der Waals surface area contributed by atoms with Gasteiger partial charge in [0.25, 0.3) is 0 Å². The van der Waals surface area contributed by atoms with Gasteiger partial charge in [-0.15, -0.1) is 12.4 Å². The van der Waals surface area contributed by atoms with Crippen molar-refractivity contribution in [2.75, 3.05) is 0 Å². The van der Waals surface area contributed by atoms with E-state index in [9.17, 15) is 13.2 Å². The fourth-order valence-corrected chi connectivity index (χ4v) is 1.02. The average Bonchev–Trinajstić information content (AvgIpc) is 1.98. The van der Waals surface area contributed by atoms with Gasteiger partial charge in [0.2, 0.25) is 0 Å². The van der Waals surface area contributed by atoms with Gasteiger partial charge in [-0.25, -0.2) is 13.2 Å². The molecule has 0 bridgehead atoms. The highest BCUT2D eigenvalue weighted by Crippen LogP contribution is 2.23. The first-order chi connectivity index (χ1) is 5.84. The Hall–Kier alpha value is -0.740. The lowest BCUT2D eigenvalue weighted by Crippen LogP contribution is -2.30. The maximum absolute atomic E-state index is 13.1.